The molecule has 0 spiro atoms. The van der Waals surface area contributed by atoms with Gasteiger partial charge in [-0.25, -0.2) is 0 Å². The van der Waals surface area contributed by atoms with E-state index in [4.69, 9.17) is 0 Å². The molecule has 1 saturated heterocycles. The van der Waals surface area contributed by atoms with Crippen LogP contribution < -0.4 is 0 Å². The van der Waals surface area contributed by atoms with Crippen molar-refractivity contribution in [3.05, 3.63) is 69.4 Å². The fraction of sp³-hybridized carbons (Fsp3) is 0.423. The summed E-state index contributed by atoms with van der Waals surface area (Å²) in [4.78, 5) is 18.1. The zero-order chi connectivity index (χ0) is 23.6. The van der Waals surface area contributed by atoms with E-state index in [0.717, 1.165) is 40.8 Å². The highest BCUT2D eigenvalue weighted by atomic mass is 79.9. The number of likely N-dealkylation sites (tertiary alicyclic amines) is 1. The van der Waals surface area contributed by atoms with E-state index in [1.54, 1.807) is 29.5 Å². The van der Waals surface area contributed by atoms with Crippen LogP contribution >= 0.6 is 27.3 Å². The van der Waals surface area contributed by atoms with Gasteiger partial charge in [0.2, 0.25) is 5.91 Å². The number of carbonyl (C=O) groups excluding carboxylic acids is 1. The Balaban J connectivity index is 1.60. The fourth-order valence-corrected chi connectivity index (χ4v) is 6.91. The van der Waals surface area contributed by atoms with E-state index < -0.39 is 11.0 Å². The topological polar surface area (TPSA) is 64.0 Å². The number of fused-ring (bicyclic) bond motifs is 1. The van der Waals surface area contributed by atoms with Crippen molar-refractivity contribution in [2.75, 3.05) is 26.7 Å². The highest BCUT2D eigenvalue weighted by Gasteiger charge is 2.58. The van der Waals surface area contributed by atoms with Gasteiger partial charge in [0, 0.05) is 52.4 Å². The number of hydrogen-bond acceptors (Lipinski definition) is 5. The van der Waals surface area contributed by atoms with Gasteiger partial charge in [0.1, 0.15) is 5.75 Å². The normalized spacial score (nSPS) is 27.9. The van der Waals surface area contributed by atoms with Gasteiger partial charge in [-0.05, 0) is 78.0 Å². The number of amides is 1. The molecular weight excluding hydrogens is 500 g/mol. The highest BCUT2D eigenvalue weighted by molar-refractivity contribution is 9.10. The molecule has 176 valence electrons. The lowest BCUT2D eigenvalue weighted by Gasteiger charge is -2.58. The van der Waals surface area contributed by atoms with E-state index in [0.29, 0.717) is 19.4 Å². The number of aromatic hydroxyl groups is 1. The first-order valence-electron chi connectivity index (χ1n) is 11.3. The molecule has 2 N–H and O–H groups in total. The van der Waals surface area contributed by atoms with Gasteiger partial charge in [0.25, 0.3) is 0 Å². The van der Waals surface area contributed by atoms with Crippen LogP contribution in [0, 0.1) is 0 Å². The first-order chi connectivity index (χ1) is 15.8. The summed E-state index contributed by atoms with van der Waals surface area (Å²) in [5, 5.41) is 24.2. The summed E-state index contributed by atoms with van der Waals surface area (Å²) >= 11 is 5.03. The maximum atomic E-state index is 13.0. The maximum Gasteiger partial charge on any atom is 0.246 e. The molecule has 2 aromatic rings. The van der Waals surface area contributed by atoms with Gasteiger partial charge in [0.15, 0.2) is 0 Å². The third-order valence-corrected chi connectivity index (χ3v) is 9.02. The summed E-state index contributed by atoms with van der Waals surface area (Å²) < 4.78 is 1.01. The van der Waals surface area contributed by atoms with Crippen molar-refractivity contribution in [3.63, 3.8) is 0 Å². The summed E-state index contributed by atoms with van der Waals surface area (Å²) in [7, 11) is 1.86. The molecule has 0 unspecified atom stereocenters. The summed E-state index contributed by atoms with van der Waals surface area (Å²) in [6.45, 7) is 5.99. The number of piperidine rings is 1. The van der Waals surface area contributed by atoms with E-state index in [1.807, 2.05) is 47.7 Å². The molecule has 5 nitrogen and oxygen atoms in total. The third kappa shape index (κ3) is 4.83. The summed E-state index contributed by atoms with van der Waals surface area (Å²) in [5.74, 6) is 0.166. The van der Waals surface area contributed by atoms with Crippen molar-refractivity contribution >= 4 is 39.2 Å². The molecule has 1 aromatic carbocycles. The standard InChI is InChI=1S/C26H31BrN2O3S/c1-3-12-29-13-11-25(19-5-4-6-22(30)14-19)16-21(9-10-26(25,32)18-29)28(2)24(31)8-7-23-15-20(27)17-33-23/h3-8,14-15,17,21,30,32H,1,9-13,16,18H2,2H3/b8-7+/t21-,25+,26+/m1/s1. The Hall–Kier alpha value is -1.93. The first kappa shape index (κ1) is 24.2. The van der Waals surface area contributed by atoms with Crippen LogP contribution in [0.5, 0.6) is 5.75 Å². The van der Waals surface area contributed by atoms with Crippen molar-refractivity contribution < 1.29 is 15.0 Å². The van der Waals surface area contributed by atoms with E-state index in [-0.39, 0.29) is 17.7 Å². The second kappa shape index (κ2) is 9.74. The van der Waals surface area contributed by atoms with Crippen molar-refractivity contribution in [1.82, 2.24) is 9.80 Å². The average Bonchev–Trinajstić information content (AvgIpc) is 3.21. The predicted octanol–water partition coefficient (Wildman–Crippen LogP) is 4.80. The summed E-state index contributed by atoms with van der Waals surface area (Å²) in [5.41, 5.74) is -0.502. The molecule has 2 heterocycles. The molecule has 1 aromatic heterocycles. The third-order valence-electron chi connectivity index (χ3n) is 7.37. The minimum Gasteiger partial charge on any atom is -0.508 e. The van der Waals surface area contributed by atoms with Crippen LogP contribution in [0.25, 0.3) is 6.08 Å². The minimum atomic E-state index is -0.929. The number of phenols is 1. The SMILES string of the molecule is C=CCN1CC[C@@]2(c3cccc(O)c3)C[C@H](N(C)C(=O)/C=C/c3cc(Br)cs3)CC[C@]2(O)C1. The van der Waals surface area contributed by atoms with Crippen LogP contribution in [0.15, 0.2) is 58.9 Å². The molecule has 4 rings (SSSR count). The number of β-amino-alcohol motifs (C(OH)–C–C–N with tert-alkyl or cyclic N) is 1. The van der Waals surface area contributed by atoms with Gasteiger partial charge in [-0.3, -0.25) is 9.69 Å². The molecule has 1 amide bonds. The van der Waals surface area contributed by atoms with Crippen LogP contribution in [-0.2, 0) is 10.2 Å². The molecule has 2 aliphatic rings. The number of phenolic OH excluding ortho intramolecular Hbond substituents is 1. The Labute approximate surface area is 208 Å². The number of rotatable bonds is 6. The van der Waals surface area contributed by atoms with Crippen LogP contribution in [-0.4, -0.2) is 64.2 Å². The lowest BCUT2D eigenvalue weighted by Crippen LogP contribution is -2.67. The van der Waals surface area contributed by atoms with Crippen molar-refractivity contribution in [2.24, 2.45) is 0 Å². The largest absolute Gasteiger partial charge is 0.508 e. The summed E-state index contributed by atoms with van der Waals surface area (Å²) in [6.07, 6.45) is 8.12. The van der Waals surface area contributed by atoms with Gasteiger partial charge in [-0.15, -0.1) is 17.9 Å². The number of nitrogens with zero attached hydrogens (tertiary/aromatic N) is 2. The first-order valence-corrected chi connectivity index (χ1v) is 13.0. The number of thiophene rings is 1. The van der Waals surface area contributed by atoms with Gasteiger partial charge < -0.3 is 15.1 Å². The Morgan fingerprint density at radius 3 is 2.91 bits per heavy atom. The van der Waals surface area contributed by atoms with Crippen molar-refractivity contribution in [1.29, 1.82) is 0 Å². The Morgan fingerprint density at radius 1 is 1.39 bits per heavy atom. The van der Waals surface area contributed by atoms with Crippen LogP contribution in [0.3, 0.4) is 0 Å². The zero-order valence-corrected chi connectivity index (χ0v) is 21.3. The van der Waals surface area contributed by atoms with Gasteiger partial charge in [-0.2, -0.15) is 0 Å². The van der Waals surface area contributed by atoms with Gasteiger partial charge in [-0.1, -0.05) is 18.2 Å². The number of carbonyl (C=O) groups is 1. The molecule has 1 aliphatic carbocycles. The smallest absolute Gasteiger partial charge is 0.246 e. The quantitative estimate of drug-likeness (QED) is 0.415. The molecule has 3 atom stereocenters. The molecule has 1 saturated carbocycles. The second-order valence-corrected chi connectivity index (χ2v) is 11.1. The summed E-state index contributed by atoms with van der Waals surface area (Å²) in [6, 6.07) is 9.29. The monoisotopic (exact) mass is 530 g/mol. The average molecular weight is 532 g/mol. The highest BCUT2D eigenvalue weighted by Crippen LogP contribution is 2.52. The second-order valence-electron chi connectivity index (χ2n) is 9.28. The molecule has 1 aliphatic heterocycles. The number of hydrogen-bond donors (Lipinski definition) is 2. The zero-order valence-electron chi connectivity index (χ0n) is 18.9. The molecule has 33 heavy (non-hydrogen) atoms. The Morgan fingerprint density at radius 2 is 2.21 bits per heavy atom. The number of halogens is 1. The van der Waals surface area contributed by atoms with Crippen molar-refractivity contribution in [3.8, 4) is 5.75 Å². The molecule has 7 heteroatoms. The number of aliphatic hydroxyl groups is 1. The lowest BCUT2D eigenvalue weighted by molar-refractivity contribution is -0.143. The minimum absolute atomic E-state index is 0.00537. The van der Waals surface area contributed by atoms with E-state index >= 15 is 0 Å². The van der Waals surface area contributed by atoms with E-state index in [2.05, 4.69) is 27.4 Å². The number of benzene rings is 1. The Bertz CT molecular complexity index is 1050. The molecule has 0 radical (unpaired) electrons. The van der Waals surface area contributed by atoms with Crippen LogP contribution in [0.2, 0.25) is 0 Å². The van der Waals surface area contributed by atoms with Crippen molar-refractivity contribution in [2.45, 2.75) is 42.7 Å². The lowest BCUT2D eigenvalue weighted by atomic mass is 9.55. The predicted molar refractivity (Wildman–Crippen MR) is 137 cm³/mol. The van der Waals surface area contributed by atoms with Gasteiger partial charge in [0.05, 0.1) is 5.60 Å². The van der Waals surface area contributed by atoms with Crippen LogP contribution in [0.4, 0.5) is 0 Å². The molecule has 2 fully saturated rings. The van der Waals surface area contributed by atoms with Gasteiger partial charge >= 0.3 is 0 Å². The van der Waals surface area contributed by atoms with E-state index in [1.165, 1.54) is 0 Å². The number of likely N-dealkylation sites (N-methyl/N-ethyl adjacent to an activating group) is 1. The maximum absolute atomic E-state index is 13.0. The Kier molecular flexibility index (Phi) is 7.15. The van der Waals surface area contributed by atoms with Crippen LogP contribution in [0.1, 0.15) is 36.1 Å². The van der Waals surface area contributed by atoms with E-state index in [9.17, 15) is 15.0 Å². The molecular formula is C26H31BrN2O3S. The molecule has 0 bridgehead atoms. The fourth-order valence-electron chi connectivity index (χ4n) is 5.57.